The highest BCUT2D eigenvalue weighted by atomic mass is 35.5. The Balaban J connectivity index is 1.63. The van der Waals surface area contributed by atoms with Crippen molar-refractivity contribution in [3.8, 4) is 11.5 Å². The van der Waals surface area contributed by atoms with Gasteiger partial charge >= 0.3 is 5.97 Å². The minimum atomic E-state index is -0.530. The van der Waals surface area contributed by atoms with E-state index in [1.165, 1.54) is 0 Å². The van der Waals surface area contributed by atoms with Crippen molar-refractivity contribution in [2.75, 3.05) is 7.11 Å². The van der Waals surface area contributed by atoms with E-state index in [2.05, 4.69) is 4.99 Å². The summed E-state index contributed by atoms with van der Waals surface area (Å²) in [7, 11) is 1.57. The van der Waals surface area contributed by atoms with Crippen molar-refractivity contribution >= 4 is 41.1 Å². The van der Waals surface area contributed by atoms with Crippen molar-refractivity contribution in [3.63, 3.8) is 0 Å². The van der Waals surface area contributed by atoms with Crippen molar-refractivity contribution in [3.05, 3.63) is 99.2 Å². The average Bonchev–Trinajstić information content (AvgIpc) is 3.16. The molecular formula is C24H17Cl2NO4. The molecule has 0 spiro atoms. The van der Waals surface area contributed by atoms with E-state index in [0.29, 0.717) is 27.1 Å². The number of esters is 1. The van der Waals surface area contributed by atoms with Gasteiger partial charge in [0.2, 0.25) is 5.90 Å². The van der Waals surface area contributed by atoms with Gasteiger partial charge in [-0.25, -0.2) is 9.79 Å². The molecule has 0 aromatic heterocycles. The predicted octanol–water partition coefficient (Wildman–Crippen LogP) is 5.93. The highest BCUT2D eigenvalue weighted by Gasteiger charge is 2.24. The lowest BCUT2D eigenvalue weighted by molar-refractivity contribution is -0.129. The van der Waals surface area contributed by atoms with Gasteiger partial charge in [-0.05, 0) is 54.1 Å². The number of aliphatic imine (C=N–C) groups is 1. The molecule has 0 radical (unpaired) electrons. The van der Waals surface area contributed by atoms with Crippen LogP contribution in [0.2, 0.25) is 10.0 Å². The maximum absolute atomic E-state index is 12.4. The molecule has 4 rings (SSSR count). The van der Waals surface area contributed by atoms with Gasteiger partial charge in [0.05, 0.1) is 17.2 Å². The third-order valence-corrected chi connectivity index (χ3v) is 5.27. The number of rotatable bonds is 6. The van der Waals surface area contributed by atoms with Gasteiger partial charge in [0, 0.05) is 11.1 Å². The first-order chi connectivity index (χ1) is 15.0. The number of carbonyl (C=O) groups is 1. The van der Waals surface area contributed by atoms with Crippen LogP contribution in [0.1, 0.15) is 16.7 Å². The third kappa shape index (κ3) is 4.90. The molecule has 31 heavy (non-hydrogen) atoms. The summed E-state index contributed by atoms with van der Waals surface area (Å²) in [6.07, 6.45) is 1.62. The van der Waals surface area contributed by atoms with Gasteiger partial charge in [0.1, 0.15) is 18.1 Å². The van der Waals surface area contributed by atoms with Gasteiger partial charge in [-0.15, -0.1) is 0 Å². The third-order valence-electron chi connectivity index (χ3n) is 4.53. The summed E-state index contributed by atoms with van der Waals surface area (Å²) in [4.78, 5) is 16.7. The quantitative estimate of drug-likeness (QED) is 0.343. The summed E-state index contributed by atoms with van der Waals surface area (Å²) < 4.78 is 16.6. The zero-order valence-electron chi connectivity index (χ0n) is 16.5. The Morgan fingerprint density at radius 2 is 1.81 bits per heavy atom. The lowest BCUT2D eigenvalue weighted by Crippen LogP contribution is -2.05. The maximum atomic E-state index is 12.4. The molecule has 0 fully saturated rings. The van der Waals surface area contributed by atoms with Crippen LogP contribution in [0.15, 0.2) is 77.4 Å². The number of hydrogen-bond acceptors (Lipinski definition) is 5. The fourth-order valence-corrected chi connectivity index (χ4v) is 3.27. The normalized spacial score (nSPS) is 14.4. The first-order valence-corrected chi connectivity index (χ1v) is 10.1. The molecule has 156 valence electrons. The SMILES string of the molecule is COc1ccc(OCc2ccc(Cl)c(Cl)c2)c(C=C2N=C(c3ccccc3)OC2=O)c1. The van der Waals surface area contributed by atoms with Gasteiger partial charge in [-0.3, -0.25) is 0 Å². The monoisotopic (exact) mass is 453 g/mol. The molecule has 7 heteroatoms. The van der Waals surface area contributed by atoms with Crippen LogP contribution in [-0.4, -0.2) is 19.0 Å². The molecule has 1 heterocycles. The molecule has 3 aromatic carbocycles. The Hall–Kier alpha value is -3.28. The highest BCUT2D eigenvalue weighted by molar-refractivity contribution is 6.42. The zero-order chi connectivity index (χ0) is 21.8. The fourth-order valence-electron chi connectivity index (χ4n) is 2.95. The smallest absolute Gasteiger partial charge is 0.363 e. The Bertz CT molecular complexity index is 1190. The molecule has 1 aliphatic heterocycles. The minimum absolute atomic E-state index is 0.173. The molecule has 0 N–H and O–H groups in total. The summed E-state index contributed by atoms with van der Waals surface area (Å²) >= 11 is 12.1. The van der Waals surface area contributed by atoms with Crippen LogP contribution in [0.25, 0.3) is 6.08 Å². The van der Waals surface area contributed by atoms with Gasteiger partial charge in [0.25, 0.3) is 0 Å². The second kappa shape index (κ2) is 9.25. The number of carbonyl (C=O) groups excluding carboxylic acids is 1. The van der Waals surface area contributed by atoms with E-state index < -0.39 is 5.97 Å². The molecule has 3 aromatic rings. The van der Waals surface area contributed by atoms with E-state index >= 15 is 0 Å². The average molecular weight is 454 g/mol. The predicted molar refractivity (Wildman–Crippen MR) is 121 cm³/mol. The van der Waals surface area contributed by atoms with E-state index in [-0.39, 0.29) is 18.2 Å². The molecular weight excluding hydrogens is 437 g/mol. The van der Waals surface area contributed by atoms with Crippen LogP contribution in [0.3, 0.4) is 0 Å². The van der Waals surface area contributed by atoms with Gasteiger partial charge in [-0.1, -0.05) is 47.5 Å². The van der Waals surface area contributed by atoms with Crippen molar-refractivity contribution in [2.24, 2.45) is 4.99 Å². The van der Waals surface area contributed by atoms with Crippen LogP contribution in [0.4, 0.5) is 0 Å². The van der Waals surface area contributed by atoms with Crippen molar-refractivity contribution < 1.29 is 19.0 Å². The summed E-state index contributed by atoms with van der Waals surface area (Å²) in [6, 6.07) is 19.8. The largest absolute Gasteiger partial charge is 0.497 e. The molecule has 0 atom stereocenters. The van der Waals surface area contributed by atoms with Crippen molar-refractivity contribution in [2.45, 2.75) is 6.61 Å². The van der Waals surface area contributed by atoms with Crippen LogP contribution in [-0.2, 0) is 16.1 Å². The van der Waals surface area contributed by atoms with Gasteiger partial charge < -0.3 is 14.2 Å². The Morgan fingerprint density at radius 1 is 1.00 bits per heavy atom. The summed E-state index contributed by atoms with van der Waals surface area (Å²) in [6.45, 7) is 0.266. The first kappa shape index (κ1) is 21.0. The Labute approximate surface area is 189 Å². The number of ether oxygens (including phenoxy) is 3. The van der Waals surface area contributed by atoms with Crippen molar-refractivity contribution in [1.82, 2.24) is 0 Å². The topological polar surface area (TPSA) is 57.1 Å². The molecule has 1 aliphatic rings. The lowest BCUT2D eigenvalue weighted by Gasteiger charge is -2.11. The number of hydrogen-bond donors (Lipinski definition) is 0. The molecule has 0 bridgehead atoms. The van der Waals surface area contributed by atoms with Gasteiger partial charge in [0.15, 0.2) is 5.70 Å². The number of nitrogens with zero attached hydrogens (tertiary/aromatic N) is 1. The van der Waals surface area contributed by atoms with E-state index in [4.69, 9.17) is 37.4 Å². The Morgan fingerprint density at radius 3 is 2.55 bits per heavy atom. The first-order valence-electron chi connectivity index (χ1n) is 9.36. The number of methoxy groups -OCH3 is 1. The molecule has 0 saturated heterocycles. The van der Waals surface area contributed by atoms with Crippen LogP contribution < -0.4 is 9.47 Å². The van der Waals surface area contributed by atoms with E-state index in [1.54, 1.807) is 43.5 Å². The van der Waals surface area contributed by atoms with E-state index in [0.717, 1.165) is 11.1 Å². The maximum Gasteiger partial charge on any atom is 0.363 e. The number of halogens is 2. The summed E-state index contributed by atoms with van der Waals surface area (Å²) in [5, 5.41) is 0.934. The Kier molecular flexibility index (Phi) is 6.26. The van der Waals surface area contributed by atoms with Crippen molar-refractivity contribution in [1.29, 1.82) is 0 Å². The molecule has 0 unspecified atom stereocenters. The standard InChI is InChI=1S/C24H17Cl2NO4/c1-29-18-8-10-22(30-14-15-7-9-19(25)20(26)11-15)17(12-18)13-21-24(28)31-23(27-21)16-5-3-2-4-6-16/h2-13H,14H2,1H3. The van der Waals surface area contributed by atoms with Crippen LogP contribution in [0, 0.1) is 0 Å². The summed E-state index contributed by atoms with van der Waals surface area (Å²) in [5.41, 5.74) is 2.38. The lowest BCUT2D eigenvalue weighted by atomic mass is 10.1. The number of benzene rings is 3. The molecule has 0 amide bonds. The van der Waals surface area contributed by atoms with E-state index in [9.17, 15) is 4.79 Å². The fraction of sp³-hybridized carbons (Fsp3) is 0.0833. The highest BCUT2D eigenvalue weighted by Crippen LogP contribution is 2.30. The minimum Gasteiger partial charge on any atom is -0.497 e. The zero-order valence-corrected chi connectivity index (χ0v) is 18.0. The molecule has 0 saturated carbocycles. The number of cyclic esters (lactones) is 1. The van der Waals surface area contributed by atoms with E-state index in [1.807, 2.05) is 36.4 Å². The molecule has 5 nitrogen and oxygen atoms in total. The second-order valence-electron chi connectivity index (χ2n) is 6.64. The second-order valence-corrected chi connectivity index (χ2v) is 7.46. The van der Waals surface area contributed by atoms with Crippen LogP contribution >= 0.6 is 23.2 Å². The summed E-state index contributed by atoms with van der Waals surface area (Å²) in [5.74, 6) is 0.901. The molecule has 0 aliphatic carbocycles. The van der Waals surface area contributed by atoms with Gasteiger partial charge in [-0.2, -0.15) is 0 Å². The van der Waals surface area contributed by atoms with Crippen LogP contribution in [0.5, 0.6) is 11.5 Å².